The van der Waals surface area contributed by atoms with Gasteiger partial charge in [0.25, 0.3) is 5.91 Å². The van der Waals surface area contributed by atoms with Crippen LogP contribution in [0.2, 0.25) is 0 Å². The number of nitrogens with one attached hydrogen (secondary N) is 3. The van der Waals surface area contributed by atoms with Crippen molar-refractivity contribution in [1.29, 1.82) is 0 Å². The molecule has 0 aliphatic carbocycles. The minimum Gasteiger partial charge on any atom is -0.444 e. The maximum Gasteiger partial charge on any atom is 0.435 e. The number of Topliss-reactive ketones (excluding diaryl/α,β-unsaturated/α-hetero) is 1. The van der Waals surface area contributed by atoms with E-state index in [1.807, 2.05) is 0 Å². The SMILES string of the molecule is CCNC(=O)c1nc(C(F)(F)F)c2n1C(C(=O)CC(Cc1cc(F)c(F)cc1F)NC(=O)OC(C)(C)C)CNC2. The quantitative estimate of drug-likeness (QED) is 0.325. The first-order valence-electron chi connectivity index (χ1n) is 12.3. The molecule has 40 heavy (non-hydrogen) atoms. The minimum absolute atomic E-state index is 0.0842. The molecule has 2 amide bonds. The lowest BCUT2D eigenvalue weighted by atomic mass is 9.96. The van der Waals surface area contributed by atoms with Crippen LogP contribution in [0.5, 0.6) is 0 Å². The van der Waals surface area contributed by atoms with E-state index in [0.717, 1.165) is 4.57 Å². The van der Waals surface area contributed by atoms with E-state index in [-0.39, 0.29) is 25.2 Å². The molecule has 3 rings (SSSR count). The van der Waals surface area contributed by atoms with Crippen molar-refractivity contribution in [3.63, 3.8) is 0 Å². The first kappa shape index (κ1) is 30.9. The number of benzene rings is 1. The van der Waals surface area contributed by atoms with Crippen molar-refractivity contribution in [1.82, 2.24) is 25.5 Å². The van der Waals surface area contributed by atoms with Crippen LogP contribution in [0.1, 0.15) is 67.7 Å². The smallest absolute Gasteiger partial charge is 0.435 e. The van der Waals surface area contributed by atoms with Crippen LogP contribution < -0.4 is 16.0 Å². The van der Waals surface area contributed by atoms with Gasteiger partial charge in [0.15, 0.2) is 23.1 Å². The standard InChI is InChI=1S/C25H29F6N5O4/c1-5-33-22(38)21-35-20(25(29,30)31)18-11-32-10-17(36(18)21)19(37)8-13(34-23(39)40-24(2,3)4)6-12-7-15(27)16(28)9-14(12)26/h7,9,13,17,32H,5-6,8,10-11H2,1-4H3,(H,33,38)(H,34,39). The molecule has 2 atom stereocenters. The first-order valence-corrected chi connectivity index (χ1v) is 12.3. The summed E-state index contributed by atoms with van der Waals surface area (Å²) in [6.45, 7) is 5.83. The van der Waals surface area contributed by atoms with Crippen molar-refractivity contribution in [3.8, 4) is 0 Å². The number of fused-ring (bicyclic) bond motifs is 1. The molecule has 1 aromatic carbocycles. The number of halogens is 6. The van der Waals surface area contributed by atoms with Gasteiger partial charge in [0, 0.05) is 38.2 Å². The summed E-state index contributed by atoms with van der Waals surface area (Å²) < 4.78 is 88.9. The van der Waals surface area contributed by atoms with Crippen LogP contribution in [0.3, 0.4) is 0 Å². The number of ketones is 1. The minimum atomic E-state index is -4.92. The number of rotatable bonds is 8. The molecule has 1 aliphatic heterocycles. The number of imidazole rings is 1. The van der Waals surface area contributed by atoms with E-state index in [9.17, 15) is 40.7 Å². The first-order chi connectivity index (χ1) is 18.5. The van der Waals surface area contributed by atoms with Gasteiger partial charge in [-0.1, -0.05) is 0 Å². The Hall–Kier alpha value is -3.62. The predicted octanol–water partition coefficient (Wildman–Crippen LogP) is 3.81. The van der Waals surface area contributed by atoms with Gasteiger partial charge >= 0.3 is 12.3 Å². The molecular weight excluding hydrogens is 548 g/mol. The number of alkyl halides is 3. The van der Waals surface area contributed by atoms with E-state index in [4.69, 9.17) is 4.74 Å². The van der Waals surface area contributed by atoms with E-state index in [0.29, 0.717) is 12.1 Å². The highest BCUT2D eigenvalue weighted by Crippen LogP contribution is 2.35. The molecule has 9 nitrogen and oxygen atoms in total. The Labute approximate surface area is 225 Å². The van der Waals surface area contributed by atoms with Gasteiger partial charge in [0.05, 0.1) is 5.69 Å². The molecule has 15 heteroatoms. The Kier molecular flexibility index (Phi) is 9.17. The molecule has 0 bridgehead atoms. The van der Waals surface area contributed by atoms with Gasteiger partial charge in [-0.25, -0.2) is 22.9 Å². The van der Waals surface area contributed by atoms with Gasteiger partial charge in [-0.15, -0.1) is 0 Å². The van der Waals surface area contributed by atoms with Gasteiger partial charge in [0.2, 0.25) is 5.82 Å². The number of hydrogen-bond donors (Lipinski definition) is 3. The Balaban J connectivity index is 1.98. The molecular formula is C25H29F6N5O4. The summed E-state index contributed by atoms with van der Waals surface area (Å²) in [5.41, 5.74) is -3.08. The fraction of sp³-hybridized carbons (Fsp3) is 0.520. The van der Waals surface area contributed by atoms with E-state index in [1.54, 1.807) is 27.7 Å². The third-order valence-corrected chi connectivity index (χ3v) is 5.86. The third-order valence-electron chi connectivity index (χ3n) is 5.86. The topological polar surface area (TPSA) is 114 Å². The highest BCUT2D eigenvalue weighted by molar-refractivity contribution is 5.93. The van der Waals surface area contributed by atoms with Gasteiger partial charge in [0.1, 0.15) is 17.5 Å². The average Bonchev–Trinajstić information content (AvgIpc) is 3.22. The zero-order valence-corrected chi connectivity index (χ0v) is 22.1. The van der Waals surface area contributed by atoms with Crippen LogP contribution in [0, 0.1) is 17.5 Å². The monoisotopic (exact) mass is 577 g/mol. The van der Waals surface area contributed by atoms with Crippen molar-refractivity contribution in [3.05, 3.63) is 52.4 Å². The zero-order chi connectivity index (χ0) is 30.0. The lowest BCUT2D eigenvalue weighted by Crippen LogP contribution is -2.45. The second kappa shape index (κ2) is 11.9. The second-order valence-electron chi connectivity index (χ2n) is 10.2. The molecule has 3 N–H and O–H groups in total. The summed E-state index contributed by atoms with van der Waals surface area (Å²) in [5.74, 6) is -6.21. The van der Waals surface area contributed by atoms with E-state index >= 15 is 0 Å². The summed E-state index contributed by atoms with van der Waals surface area (Å²) in [4.78, 5) is 42.1. The Bertz CT molecular complexity index is 1290. The molecule has 2 aromatic rings. The van der Waals surface area contributed by atoms with Gasteiger partial charge in [-0.05, 0) is 45.7 Å². The number of alkyl carbamates (subject to hydrolysis) is 1. The number of carbonyl (C=O) groups is 3. The van der Waals surface area contributed by atoms with Crippen molar-refractivity contribution < 1.29 is 45.5 Å². The lowest BCUT2D eigenvalue weighted by molar-refractivity contribution is -0.142. The van der Waals surface area contributed by atoms with Crippen LogP contribution in [-0.2, 0) is 28.7 Å². The molecule has 1 aliphatic rings. The highest BCUT2D eigenvalue weighted by Gasteiger charge is 2.43. The van der Waals surface area contributed by atoms with Crippen molar-refractivity contribution in [2.75, 3.05) is 13.1 Å². The summed E-state index contributed by atoms with van der Waals surface area (Å²) in [7, 11) is 0. The molecule has 220 valence electrons. The number of aromatic nitrogens is 2. The number of amides is 2. The van der Waals surface area contributed by atoms with Crippen molar-refractivity contribution in [2.24, 2.45) is 0 Å². The summed E-state index contributed by atoms with van der Waals surface area (Å²) >= 11 is 0. The number of hydrogen-bond acceptors (Lipinski definition) is 6. The molecule has 0 saturated carbocycles. The Morgan fingerprint density at radius 3 is 2.38 bits per heavy atom. The molecule has 2 unspecified atom stereocenters. The Morgan fingerprint density at radius 1 is 1.12 bits per heavy atom. The van der Waals surface area contributed by atoms with Gasteiger partial charge in [-0.2, -0.15) is 13.2 Å². The summed E-state index contributed by atoms with van der Waals surface area (Å²) in [5, 5.41) is 7.48. The molecule has 0 fully saturated rings. The van der Waals surface area contributed by atoms with E-state index < -0.39 is 89.2 Å². The maximum absolute atomic E-state index is 14.4. The fourth-order valence-corrected chi connectivity index (χ4v) is 4.29. The average molecular weight is 578 g/mol. The number of ether oxygens (including phenoxy) is 1. The van der Waals surface area contributed by atoms with Crippen molar-refractivity contribution >= 4 is 17.8 Å². The number of carbonyl (C=O) groups excluding carboxylic acids is 3. The van der Waals surface area contributed by atoms with E-state index in [1.165, 1.54) is 0 Å². The largest absolute Gasteiger partial charge is 0.444 e. The van der Waals surface area contributed by atoms with Gasteiger partial charge < -0.3 is 25.3 Å². The number of nitrogens with zero attached hydrogens (tertiary/aromatic N) is 2. The fourth-order valence-electron chi connectivity index (χ4n) is 4.29. The van der Waals surface area contributed by atoms with Crippen molar-refractivity contribution in [2.45, 2.75) is 70.9 Å². The predicted molar refractivity (Wildman–Crippen MR) is 129 cm³/mol. The zero-order valence-electron chi connectivity index (χ0n) is 22.1. The van der Waals surface area contributed by atoms with Crippen LogP contribution in [-0.4, -0.2) is 52.1 Å². The molecule has 0 radical (unpaired) electrons. The summed E-state index contributed by atoms with van der Waals surface area (Å²) in [6.07, 6.45) is -6.99. The van der Waals surface area contributed by atoms with Crippen LogP contribution in [0.15, 0.2) is 12.1 Å². The Morgan fingerprint density at radius 2 is 1.77 bits per heavy atom. The third kappa shape index (κ3) is 7.31. The maximum atomic E-state index is 14.4. The highest BCUT2D eigenvalue weighted by atomic mass is 19.4. The second-order valence-corrected chi connectivity index (χ2v) is 10.2. The molecule has 0 spiro atoms. The molecule has 0 saturated heterocycles. The van der Waals surface area contributed by atoms with Gasteiger partial charge in [-0.3, -0.25) is 9.59 Å². The molecule has 2 heterocycles. The van der Waals surface area contributed by atoms with Crippen LogP contribution in [0.4, 0.5) is 31.1 Å². The normalized spacial score (nSPS) is 16.2. The van der Waals surface area contributed by atoms with E-state index in [2.05, 4.69) is 20.9 Å². The summed E-state index contributed by atoms with van der Waals surface area (Å²) in [6, 6.07) is -1.71. The lowest BCUT2D eigenvalue weighted by Gasteiger charge is -2.29. The molecule has 1 aromatic heterocycles. The van der Waals surface area contributed by atoms with Crippen LogP contribution >= 0.6 is 0 Å². The van der Waals surface area contributed by atoms with Crippen LogP contribution in [0.25, 0.3) is 0 Å².